The van der Waals surface area contributed by atoms with Crippen LogP contribution < -0.4 is 15.4 Å². The number of carbonyl (C=O) groups is 1. The predicted molar refractivity (Wildman–Crippen MR) is 80.3 cm³/mol. The van der Waals surface area contributed by atoms with Gasteiger partial charge in [-0.1, -0.05) is 12.1 Å². The quantitative estimate of drug-likeness (QED) is 0.927. The number of nitrogens with zero attached hydrogens (tertiary/aromatic N) is 3. The molecule has 0 spiro atoms. The molecule has 2 aromatic rings. The van der Waals surface area contributed by atoms with E-state index < -0.39 is 0 Å². The van der Waals surface area contributed by atoms with Gasteiger partial charge in [-0.25, -0.2) is 0 Å². The van der Waals surface area contributed by atoms with Gasteiger partial charge in [-0.2, -0.15) is 5.10 Å². The number of nitrogens with two attached hydrogens (primary N) is 1. The number of amides is 1. The minimum Gasteiger partial charge on any atom is -0.495 e. The predicted octanol–water partition coefficient (Wildman–Crippen LogP) is 1.45. The molecular weight excluding hydrogens is 268 g/mol. The van der Waals surface area contributed by atoms with Gasteiger partial charge in [0.2, 0.25) is 5.91 Å². The zero-order valence-corrected chi connectivity index (χ0v) is 12.0. The fraction of sp³-hybridized carbons (Fsp3) is 0.333. The monoisotopic (exact) mass is 286 g/mol. The van der Waals surface area contributed by atoms with E-state index in [-0.39, 0.29) is 12.5 Å². The molecule has 2 heterocycles. The number of anilines is 2. The van der Waals surface area contributed by atoms with Gasteiger partial charge in [0.1, 0.15) is 18.1 Å². The van der Waals surface area contributed by atoms with Gasteiger partial charge < -0.3 is 15.4 Å². The van der Waals surface area contributed by atoms with Gasteiger partial charge in [0, 0.05) is 12.7 Å². The fourth-order valence-electron chi connectivity index (χ4n) is 2.72. The number of methoxy groups -OCH3 is 1. The second-order valence-corrected chi connectivity index (χ2v) is 5.06. The minimum atomic E-state index is -0.0106. The van der Waals surface area contributed by atoms with E-state index in [0.717, 1.165) is 29.8 Å². The van der Waals surface area contributed by atoms with Gasteiger partial charge in [-0.15, -0.1) is 0 Å². The van der Waals surface area contributed by atoms with Crippen LogP contribution in [0.1, 0.15) is 12.0 Å². The van der Waals surface area contributed by atoms with Crippen molar-refractivity contribution in [2.45, 2.75) is 19.4 Å². The number of hydrogen-bond acceptors (Lipinski definition) is 4. The molecule has 110 valence electrons. The van der Waals surface area contributed by atoms with E-state index in [1.807, 2.05) is 18.2 Å². The first-order valence-electron chi connectivity index (χ1n) is 6.94. The Hall–Kier alpha value is -2.50. The molecule has 3 rings (SSSR count). The van der Waals surface area contributed by atoms with Crippen LogP contribution in [0.15, 0.2) is 30.5 Å². The number of nitrogen functional groups attached to an aromatic ring is 1. The molecule has 6 nitrogen and oxygen atoms in total. The fourth-order valence-corrected chi connectivity index (χ4v) is 2.72. The van der Waals surface area contributed by atoms with E-state index in [2.05, 4.69) is 5.10 Å². The summed E-state index contributed by atoms with van der Waals surface area (Å²) in [6, 6.07) is 7.57. The summed E-state index contributed by atoms with van der Waals surface area (Å²) < 4.78 is 6.97. The standard InChI is InChI=1S/C15H18N4O2/c1-21-12-6-2-4-11-5-3-8-19(15(11)12)14(20)10-18-9-7-13(16)17-18/h2,4,6-7,9H,3,5,8,10H2,1H3,(H2,16,17). The van der Waals surface area contributed by atoms with Crippen molar-refractivity contribution in [2.24, 2.45) is 0 Å². The van der Waals surface area contributed by atoms with Gasteiger partial charge >= 0.3 is 0 Å². The van der Waals surface area contributed by atoms with Gasteiger partial charge in [-0.3, -0.25) is 9.48 Å². The molecular formula is C15H18N4O2. The highest BCUT2D eigenvalue weighted by molar-refractivity contribution is 5.96. The molecule has 0 aliphatic carbocycles. The van der Waals surface area contributed by atoms with Crippen molar-refractivity contribution in [1.29, 1.82) is 0 Å². The Kier molecular flexibility index (Phi) is 3.51. The van der Waals surface area contributed by atoms with E-state index in [9.17, 15) is 4.79 Å². The third-order valence-electron chi connectivity index (χ3n) is 3.66. The van der Waals surface area contributed by atoms with Crippen molar-refractivity contribution in [1.82, 2.24) is 9.78 Å². The smallest absolute Gasteiger partial charge is 0.248 e. The van der Waals surface area contributed by atoms with Crippen LogP contribution in [0, 0.1) is 0 Å². The summed E-state index contributed by atoms with van der Waals surface area (Å²) in [4.78, 5) is 14.4. The Labute approximate surface area is 123 Å². The van der Waals surface area contributed by atoms with Crippen LogP contribution in [0.4, 0.5) is 11.5 Å². The Bertz CT molecular complexity index is 651. The zero-order chi connectivity index (χ0) is 14.8. The van der Waals surface area contributed by atoms with Gasteiger partial charge in [-0.05, 0) is 30.5 Å². The summed E-state index contributed by atoms with van der Waals surface area (Å²) in [6.07, 6.45) is 3.62. The van der Waals surface area contributed by atoms with Crippen molar-refractivity contribution in [3.63, 3.8) is 0 Å². The molecule has 1 aliphatic heterocycles. The van der Waals surface area contributed by atoms with Crippen molar-refractivity contribution < 1.29 is 9.53 Å². The summed E-state index contributed by atoms with van der Waals surface area (Å²) in [6.45, 7) is 0.873. The number of carbonyl (C=O) groups excluding carboxylic acids is 1. The average Bonchev–Trinajstić information content (AvgIpc) is 2.91. The van der Waals surface area contributed by atoms with E-state index in [1.165, 1.54) is 0 Å². The zero-order valence-electron chi connectivity index (χ0n) is 12.0. The van der Waals surface area contributed by atoms with Gasteiger partial charge in [0.05, 0.1) is 12.8 Å². The maximum atomic E-state index is 12.6. The number of ether oxygens (including phenoxy) is 1. The highest BCUT2D eigenvalue weighted by Crippen LogP contribution is 2.36. The lowest BCUT2D eigenvalue weighted by molar-refractivity contribution is -0.119. The Morgan fingerprint density at radius 2 is 2.29 bits per heavy atom. The maximum absolute atomic E-state index is 12.6. The SMILES string of the molecule is COc1cccc2c1N(C(=O)Cn1ccc(N)n1)CCC2. The first-order valence-corrected chi connectivity index (χ1v) is 6.94. The summed E-state index contributed by atoms with van der Waals surface area (Å²) >= 11 is 0. The molecule has 0 saturated carbocycles. The number of para-hydroxylation sites is 1. The molecule has 0 saturated heterocycles. The highest BCUT2D eigenvalue weighted by Gasteiger charge is 2.26. The molecule has 1 aromatic carbocycles. The van der Waals surface area contributed by atoms with Crippen molar-refractivity contribution in [3.8, 4) is 5.75 Å². The third-order valence-corrected chi connectivity index (χ3v) is 3.66. The topological polar surface area (TPSA) is 73.4 Å². The lowest BCUT2D eigenvalue weighted by Gasteiger charge is -2.30. The van der Waals surface area contributed by atoms with Crippen LogP contribution in [0.2, 0.25) is 0 Å². The molecule has 0 unspecified atom stereocenters. The van der Waals surface area contributed by atoms with Gasteiger partial charge in [0.15, 0.2) is 0 Å². The van der Waals surface area contributed by atoms with E-state index >= 15 is 0 Å². The molecule has 1 aliphatic rings. The van der Waals surface area contributed by atoms with E-state index in [0.29, 0.717) is 12.4 Å². The van der Waals surface area contributed by atoms with Crippen LogP contribution in [-0.2, 0) is 17.8 Å². The normalized spacial score (nSPS) is 13.9. The van der Waals surface area contributed by atoms with Gasteiger partial charge in [0.25, 0.3) is 0 Å². The summed E-state index contributed by atoms with van der Waals surface area (Å²) in [5.41, 5.74) is 7.61. The van der Waals surface area contributed by atoms with Crippen LogP contribution >= 0.6 is 0 Å². The number of hydrogen-bond donors (Lipinski definition) is 1. The molecule has 2 N–H and O–H groups in total. The summed E-state index contributed by atoms with van der Waals surface area (Å²) in [5, 5.41) is 4.06. The van der Waals surface area contributed by atoms with E-state index in [1.54, 1.807) is 29.0 Å². The summed E-state index contributed by atoms with van der Waals surface area (Å²) in [5.74, 6) is 1.14. The molecule has 21 heavy (non-hydrogen) atoms. The maximum Gasteiger partial charge on any atom is 0.248 e. The molecule has 0 radical (unpaired) electrons. The molecule has 6 heteroatoms. The number of rotatable bonds is 3. The Morgan fingerprint density at radius 3 is 3.00 bits per heavy atom. The third kappa shape index (κ3) is 2.56. The summed E-state index contributed by atoms with van der Waals surface area (Å²) in [7, 11) is 1.63. The lowest BCUT2D eigenvalue weighted by atomic mass is 10.0. The minimum absolute atomic E-state index is 0.0106. The Balaban J connectivity index is 1.89. The van der Waals surface area contributed by atoms with Crippen LogP contribution in [-0.4, -0.2) is 29.3 Å². The van der Waals surface area contributed by atoms with Crippen LogP contribution in [0.5, 0.6) is 5.75 Å². The number of aryl methyl sites for hydroxylation is 1. The second kappa shape index (κ2) is 5.47. The number of benzene rings is 1. The molecule has 1 aromatic heterocycles. The first-order chi connectivity index (χ1) is 10.2. The number of aromatic nitrogens is 2. The number of fused-ring (bicyclic) bond motifs is 1. The van der Waals surface area contributed by atoms with E-state index in [4.69, 9.17) is 10.5 Å². The first kappa shape index (κ1) is 13.5. The largest absolute Gasteiger partial charge is 0.495 e. The average molecular weight is 286 g/mol. The van der Waals surface area contributed by atoms with Crippen molar-refractivity contribution in [2.75, 3.05) is 24.3 Å². The highest BCUT2D eigenvalue weighted by atomic mass is 16.5. The van der Waals surface area contributed by atoms with Crippen LogP contribution in [0.3, 0.4) is 0 Å². The molecule has 1 amide bonds. The second-order valence-electron chi connectivity index (χ2n) is 5.06. The Morgan fingerprint density at radius 1 is 1.43 bits per heavy atom. The molecule has 0 atom stereocenters. The van der Waals surface area contributed by atoms with Crippen molar-refractivity contribution >= 4 is 17.4 Å². The molecule has 0 bridgehead atoms. The van der Waals surface area contributed by atoms with Crippen LogP contribution in [0.25, 0.3) is 0 Å². The molecule has 0 fully saturated rings. The lowest BCUT2D eigenvalue weighted by Crippen LogP contribution is -2.38. The van der Waals surface area contributed by atoms with Crippen molar-refractivity contribution in [3.05, 3.63) is 36.0 Å².